The van der Waals surface area contributed by atoms with Gasteiger partial charge in [-0.1, -0.05) is 35.0 Å². The Morgan fingerprint density at radius 1 is 1.25 bits per heavy atom. The summed E-state index contributed by atoms with van der Waals surface area (Å²) in [6, 6.07) is 5.61. The molecule has 36 heavy (non-hydrogen) atoms. The number of nitrogens with one attached hydrogen (secondary N) is 2. The molecule has 2 aliphatic heterocycles. The smallest absolute Gasteiger partial charge is 0.353 e. The molecular formula is C20H17Cl2N5O5S4. The van der Waals surface area contributed by atoms with E-state index in [-0.39, 0.29) is 23.2 Å². The molecule has 3 heterocycles. The van der Waals surface area contributed by atoms with E-state index < -0.39 is 29.0 Å². The molecule has 0 saturated carbocycles. The van der Waals surface area contributed by atoms with E-state index in [0.29, 0.717) is 35.7 Å². The van der Waals surface area contributed by atoms with Crippen LogP contribution in [0.4, 0.5) is 5.82 Å². The number of anilines is 1. The molecule has 5 N–H and O–H groups in total. The van der Waals surface area contributed by atoms with Crippen LogP contribution in [0.3, 0.4) is 0 Å². The zero-order chi connectivity index (χ0) is 26.0. The summed E-state index contributed by atoms with van der Waals surface area (Å²) in [5, 5.41) is 13.7. The molecule has 1 fully saturated rings. The number of rotatable bonds is 9. The zero-order valence-corrected chi connectivity index (χ0v) is 22.8. The number of carboxylic acids is 1. The van der Waals surface area contributed by atoms with E-state index in [2.05, 4.69) is 15.3 Å². The molecule has 0 bridgehead atoms. The highest BCUT2D eigenvalue weighted by molar-refractivity contribution is 8.18. The van der Waals surface area contributed by atoms with Gasteiger partial charge in [-0.25, -0.2) is 9.59 Å². The topological polar surface area (TPSA) is 158 Å². The van der Waals surface area contributed by atoms with E-state index >= 15 is 0 Å². The monoisotopic (exact) mass is 605 g/mol. The van der Waals surface area contributed by atoms with Crippen LogP contribution in [-0.2, 0) is 14.4 Å². The summed E-state index contributed by atoms with van der Waals surface area (Å²) in [5.41, 5.74) is 4.94. The van der Waals surface area contributed by atoms with Crippen molar-refractivity contribution in [1.82, 2.24) is 20.2 Å². The first-order valence-electron chi connectivity index (χ1n) is 10.0. The first-order chi connectivity index (χ1) is 17.1. The summed E-state index contributed by atoms with van der Waals surface area (Å²) in [6.07, 6.45) is 0. The van der Waals surface area contributed by atoms with Gasteiger partial charge in [0.1, 0.15) is 28.0 Å². The summed E-state index contributed by atoms with van der Waals surface area (Å²) in [7, 11) is 0. The van der Waals surface area contributed by atoms with Crippen molar-refractivity contribution in [2.75, 3.05) is 22.3 Å². The second-order valence-corrected chi connectivity index (χ2v) is 12.7. The van der Waals surface area contributed by atoms with Gasteiger partial charge in [0.2, 0.25) is 5.91 Å². The van der Waals surface area contributed by atoms with Gasteiger partial charge in [0.25, 0.3) is 5.91 Å². The van der Waals surface area contributed by atoms with Gasteiger partial charge in [0.15, 0.2) is 0 Å². The number of carbonyl (C=O) groups is 3. The van der Waals surface area contributed by atoms with E-state index in [9.17, 15) is 24.3 Å². The van der Waals surface area contributed by atoms with Crippen molar-refractivity contribution < 1.29 is 19.5 Å². The average molecular weight is 607 g/mol. The summed E-state index contributed by atoms with van der Waals surface area (Å²) >= 11 is 17.1. The Labute approximate surface area is 231 Å². The molecule has 10 nitrogen and oxygen atoms in total. The largest absolute Gasteiger partial charge is 0.477 e. The molecule has 1 unspecified atom stereocenters. The fraction of sp³-hybridized carbons (Fsp3) is 0.250. The van der Waals surface area contributed by atoms with Crippen molar-refractivity contribution in [2.45, 2.75) is 21.3 Å². The van der Waals surface area contributed by atoms with Gasteiger partial charge in [0, 0.05) is 31.7 Å². The maximum atomic E-state index is 12.8. The number of nitrogen functional groups attached to an aromatic ring is 1. The first kappa shape index (κ1) is 27.1. The number of thioether (sulfide) groups is 4. The average Bonchev–Trinajstić information content (AvgIpc) is 2.82. The number of fused-ring (bicyclic) bond motifs is 1. The van der Waals surface area contributed by atoms with E-state index in [1.807, 2.05) is 0 Å². The van der Waals surface area contributed by atoms with Gasteiger partial charge in [-0.2, -0.15) is 4.98 Å². The van der Waals surface area contributed by atoms with Gasteiger partial charge in [-0.05, 0) is 18.2 Å². The van der Waals surface area contributed by atoms with E-state index in [4.69, 9.17) is 28.9 Å². The van der Waals surface area contributed by atoms with Crippen molar-refractivity contribution in [1.29, 1.82) is 0 Å². The van der Waals surface area contributed by atoms with Gasteiger partial charge in [-0.3, -0.25) is 19.5 Å². The molecule has 2 aliphatic rings. The number of nitrogens with zero attached hydrogens (tertiary/aromatic N) is 2. The van der Waals surface area contributed by atoms with Crippen molar-refractivity contribution in [2.24, 2.45) is 0 Å². The molecule has 190 valence electrons. The predicted molar refractivity (Wildman–Crippen MR) is 144 cm³/mol. The molecule has 0 aliphatic carbocycles. The minimum Gasteiger partial charge on any atom is -0.477 e. The number of hydrogen-bond acceptors (Lipinski definition) is 10. The fourth-order valence-electron chi connectivity index (χ4n) is 3.34. The van der Waals surface area contributed by atoms with Crippen LogP contribution in [-0.4, -0.2) is 65.8 Å². The number of aromatic amines is 1. The van der Waals surface area contributed by atoms with Gasteiger partial charge in [-0.15, -0.1) is 35.3 Å². The number of β-lactam (4-membered cyclic amide) rings is 1. The maximum Gasteiger partial charge on any atom is 0.353 e. The summed E-state index contributed by atoms with van der Waals surface area (Å²) in [5.74, 6) is -1.55. The number of H-pyrrole nitrogens is 1. The normalized spacial score (nSPS) is 19.1. The van der Waals surface area contributed by atoms with Crippen LogP contribution < -0.4 is 16.7 Å². The quantitative estimate of drug-likeness (QED) is 0.144. The molecule has 2 atom stereocenters. The third kappa shape index (κ3) is 6.11. The third-order valence-electron chi connectivity index (χ3n) is 4.89. The lowest BCUT2D eigenvalue weighted by Gasteiger charge is -2.49. The molecule has 0 radical (unpaired) electrons. The fourth-order valence-corrected chi connectivity index (χ4v) is 8.34. The second-order valence-electron chi connectivity index (χ2n) is 7.28. The minimum absolute atomic E-state index is 0.0159. The van der Waals surface area contributed by atoms with Crippen LogP contribution >= 0.6 is 70.2 Å². The number of hydrogen-bond donors (Lipinski definition) is 4. The molecule has 1 saturated heterocycles. The Morgan fingerprint density at radius 3 is 2.75 bits per heavy atom. The van der Waals surface area contributed by atoms with Crippen molar-refractivity contribution >= 4 is 93.9 Å². The number of nitrogens with two attached hydrogens (primary N) is 1. The number of aliphatic carboxylic acids is 1. The van der Waals surface area contributed by atoms with Crippen LogP contribution in [0.2, 0.25) is 10.0 Å². The molecule has 0 spiro atoms. The lowest BCUT2D eigenvalue weighted by atomic mass is 10.1. The van der Waals surface area contributed by atoms with Gasteiger partial charge >= 0.3 is 11.7 Å². The number of aromatic nitrogens is 2. The Bertz CT molecular complexity index is 1320. The number of halogens is 2. The maximum absolute atomic E-state index is 12.8. The Balaban J connectivity index is 1.36. The molecule has 4 rings (SSSR count). The standard InChI is InChI=1S/C20H17Cl2N5O5S4/c21-8-1-2-9(22)10(3-8)33-6-13(28)25-15-17(29)27-16(19(30)31)11(5-34-18(15)27)35-7-36-14-4-12(23)24-20(32)26-14/h1-4,15,18H,5-7H2,(H,25,28)(H,30,31)(H3,23,24,26,32)/t15?,18-/m1/s1. The molecule has 2 aromatic rings. The SMILES string of the molecule is Nc1cc(SCSC2=C(C(=O)O)N3C(=O)C(NC(=O)CSc4cc(Cl)ccc4Cl)[C@H]3SC2)nc(=O)[nH]1. The Kier molecular flexibility index (Phi) is 8.73. The summed E-state index contributed by atoms with van der Waals surface area (Å²) < 4.78 is 0. The van der Waals surface area contributed by atoms with Crippen LogP contribution in [0.15, 0.2) is 49.6 Å². The lowest BCUT2D eigenvalue weighted by molar-refractivity contribution is -0.150. The summed E-state index contributed by atoms with van der Waals surface area (Å²) in [4.78, 5) is 57.2. The first-order valence-corrected chi connectivity index (χ1v) is 14.8. The predicted octanol–water partition coefficient (Wildman–Crippen LogP) is 2.93. The molecule has 1 aromatic carbocycles. The minimum atomic E-state index is -1.23. The highest BCUT2D eigenvalue weighted by Crippen LogP contribution is 2.44. The highest BCUT2D eigenvalue weighted by atomic mass is 35.5. The van der Waals surface area contributed by atoms with E-state index in [0.717, 1.165) is 0 Å². The number of carbonyl (C=O) groups excluding carboxylic acids is 2. The third-order valence-corrected chi connectivity index (χ3v) is 10.2. The van der Waals surface area contributed by atoms with E-state index in [1.54, 1.807) is 18.2 Å². The molecule has 16 heteroatoms. The number of carboxylic acid groups (broad SMARTS) is 1. The number of benzene rings is 1. The van der Waals surface area contributed by atoms with Crippen molar-refractivity contribution in [3.8, 4) is 0 Å². The van der Waals surface area contributed by atoms with E-state index in [1.165, 1.54) is 58.0 Å². The van der Waals surface area contributed by atoms with Crippen molar-refractivity contribution in [3.05, 3.63) is 55.4 Å². The van der Waals surface area contributed by atoms with Crippen molar-refractivity contribution in [3.63, 3.8) is 0 Å². The lowest BCUT2D eigenvalue weighted by Crippen LogP contribution is -2.70. The van der Waals surface area contributed by atoms with Crippen LogP contribution in [0.1, 0.15) is 0 Å². The van der Waals surface area contributed by atoms with Crippen LogP contribution in [0.25, 0.3) is 0 Å². The van der Waals surface area contributed by atoms with Crippen LogP contribution in [0.5, 0.6) is 0 Å². The molecule has 2 amide bonds. The second kappa shape index (κ2) is 11.6. The summed E-state index contributed by atoms with van der Waals surface area (Å²) in [6.45, 7) is 0. The highest BCUT2D eigenvalue weighted by Gasteiger charge is 2.54. The van der Waals surface area contributed by atoms with Crippen LogP contribution in [0, 0.1) is 0 Å². The zero-order valence-electron chi connectivity index (χ0n) is 18.0. The van der Waals surface area contributed by atoms with Gasteiger partial charge in [0.05, 0.1) is 10.8 Å². The Hall–Kier alpha value is -1.97. The van der Waals surface area contributed by atoms with Gasteiger partial charge < -0.3 is 16.2 Å². The molecular weight excluding hydrogens is 589 g/mol. The Morgan fingerprint density at radius 2 is 2.03 bits per heavy atom. The number of amides is 2. The molecule has 1 aromatic heterocycles.